The summed E-state index contributed by atoms with van der Waals surface area (Å²) in [7, 11) is 0. The van der Waals surface area contributed by atoms with Gasteiger partial charge >= 0.3 is 0 Å². The number of fused-ring (bicyclic) bond motifs is 3. The normalized spacial score (nSPS) is 25.9. The molecule has 6 nitrogen and oxygen atoms in total. The van der Waals surface area contributed by atoms with Gasteiger partial charge < -0.3 is 14.9 Å². The summed E-state index contributed by atoms with van der Waals surface area (Å²) in [5.74, 6) is -0.862. The maximum atomic E-state index is 13.2. The van der Waals surface area contributed by atoms with Gasteiger partial charge in [-0.3, -0.25) is 14.5 Å². The third kappa shape index (κ3) is 4.51. The number of ether oxygens (including phenoxy) is 1. The number of carbonyl (C=O) groups excluding carboxylic acids is 2. The lowest BCUT2D eigenvalue weighted by atomic mass is 9.69. The minimum Gasteiger partial charge on any atom is -0.508 e. The van der Waals surface area contributed by atoms with Crippen LogP contribution in [-0.2, 0) is 14.3 Å². The molecule has 36 heavy (non-hydrogen) atoms. The molecule has 3 aliphatic rings. The molecule has 2 heterocycles. The average molecular weight is 488 g/mol. The highest BCUT2D eigenvalue weighted by Gasteiger charge is 2.56. The first-order valence-corrected chi connectivity index (χ1v) is 12.9. The summed E-state index contributed by atoms with van der Waals surface area (Å²) < 4.78 is 6.26. The van der Waals surface area contributed by atoms with Crippen molar-refractivity contribution in [2.75, 3.05) is 19.8 Å². The molecule has 0 aromatic heterocycles. The first kappa shape index (κ1) is 24.5. The van der Waals surface area contributed by atoms with Crippen LogP contribution in [0.3, 0.4) is 0 Å². The number of phenols is 1. The van der Waals surface area contributed by atoms with Crippen LogP contribution in [0.4, 0.5) is 0 Å². The maximum Gasteiger partial charge on any atom is 0.233 e. The molecule has 2 N–H and O–H groups in total. The average Bonchev–Trinajstić information content (AvgIpc) is 3.41. The Bertz CT molecular complexity index is 1200. The quantitative estimate of drug-likeness (QED) is 0.327. The van der Waals surface area contributed by atoms with Crippen LogP contribution < -0.4 is 0 Å². The number of phenolic OH excluding ortho intramolecular Hbond substituents is 1. The van der Waals surface area contributed by atoms with Gasteiger partial charge in [0.25, 0.3) is 0 Å². The molecule has 0 radical (unpaired) electrons. The topological polar surface area (TPSA) is 87.1 Å². The Morgan fingerprint density at radius 3 is 2.61 bits per heavy atom. The zero-order valence-corrected chi connectivity index (χ0v) is 20.6. The van der Waals surface area contributed by atoms with Crippen molar-refractivity contribution in [1.82, 2.24) is 4.90 Å². The predicted molar refractivity (Wildman–Crippen MR) is 138 cm³/mol. The lowest BCUT2D eigenvalue weighted by Crippen LogP contribution is -2.35. The second-order valence-corrected chi connectivity index (χ2v) is 9.98. The molecular weight excluding hydrogens is 454 g/mol. The molecule has 2 aromatic rings. The fraction of sp³-hybridized carbons (Fsp3) is 0.400. The number of aromatic hydroxyl groups is 1. The van der Waals surface area contributed by atoms with Crippen molar-refractivity contribution < 1.29 is 24.5 Å². The van der Waals surface area contributed by atoms with E-state index in [1.54, 1.807) is 12.1 Å². The van der Waals surface area contributed by atoms with Crippen molar-refractivity contribution in [3.8, 4) is 5.75 Å². The molecule has 4 atom stereocenters. The van der Waals surface area contributed by atoms with Gasteiger partial charge in [-0.1, -0.05) is 55.5 Å². The van der Waals surface area contributed by atoms with Gasteiger partial charge in [0, 0.05) is 12.5 Å². The number of hydrogen-bond donors (Lipinski definition) is 2. The summed E-state index contributed by atoms with van der Waals surface area (Å²) in [6.45, 7) is 2.70. The van der Waals surface area contributed by atoms with E-state index >= 15 is 0 Å². The van der Waals surface area contributed by atoms with E-state index in [0.717, 1.165) is 40.7 Å². The predicted octanol–water partition coefficient (Wildman–Crippen LogP) is 4.43. The van der Waals surface area contributed by atoms with Crippen molar-refractivity contribution in [2.24, 2.45) is 17.8 Å². The molecule has 2 fully saturated rings. The molecule has 188 valence electrons. The van der Waals surface area contributed by atoms with E-state index in [1.165, 1.54) is 4.90 Å². The zero-order valence-electron chi connectivity index (χ0n) is 20.6. The van der Waals surface area contributed by atoms with Crippen molar-refractivity contribution in [3.05, 3.63) is 76.9 Å². The van der Waals surface area contributed by atoms with Crippen LogP contribution in [-0.4, -0.2) is 52.8 Å². The number of benzene rings is 2. The minimum absolute atomic E-state index is 0.0793. The Kier molecular flexibility index (Phi) is 7.08. The van der Waals surface area contributed by atoms with Crippen LogP contribution >= 0.6 is 0 Å². The fourth-order valence-electron chi connectivity index (χ4n) is 6.18. The third-order valence-electron chi connectivity index (χ3n) is 7.77. The highest BCUT2D eigenvalue weighted by atomic mass is 16.5. The van der Waals surface area contributed by atoms with Gasteiger partial charge in [0.2, 0.25) is 11.8 Å². The van der Waals surface area contributed by atoms with Gasteiger partial charge in [-0.25, -0.2) is 0 Å². The van der Waals surface area contributed by atoms with Gasteiger partial charge in [0.1, 0.15) is 5.75 Å². The van der Waals surface area contributed by atoms with Crippen molar-refractivity contribution in [3.63, 3.8) is 0 Å². The second-order valence-electron chi connectivity index (χ2n) is 9.98. The van der Waals surface area contributed by atoms with Gasteiger partial charge in [-0.2, -0.15) is 0 Å². The number of imide groups is 1. The van der Waals surface area contributed by atoms with Gasteiger partial charge in [-0.15, -0.1) is 0 Å². The van der Waals surface area contributed by atoms with Crippen LogP contribution in [0, 0.1) is 17.8 Å². The Labute approximate surface area is 211 Å². The molecule has 5 rings (SSSR count). The first-order chi connectivity index (χ1) is 17.5. The number of nitrogens with zero attached hydrogens (tertiary/aromatic N) is 1. The number of likely N-dealkylation sites (tertiary alicyclic amines) is 1. The molecule has 2 aliphatic heterocycles. The smallest absolute Gasteiger partial charge is 0.233 e. The van der Waals surface area contributed by atoms with Crippen LogP contribution in [0.5, 0.6) is 5.75 Å². The summed E-state index contributed by atoms with van der Waals surface area (Å²) in [6.07, 6.45) is 4.48. The largest absolute Gasteiger partial charge is 0.508 e. The molecule has 2 amide bonds. The maximum absolute atomic E-state index is 13.2. The molecule has 0 spiro atoms. The highest BCUT2D eigenvalue weighted by molar-refractivity contribution is 6.06. The van der Waals surface area contributed by atoms with Crippen LogP contribution in [0.2, 0.25) is 0 Å². The Morgan fingerprint density at radius 2 is 1.89 bits per heavy atom. The van der Waals surface area contributed by atoms with Crippen LogP contribution in [0.1, 0.15) is 43.7 Å². The minimum atomic E-state index is -0.382. The van der Waals surface area contributed by atoms with E-state index in [9.17, 15) is 19.8 Å². The van der Waals surface area contributed by atoms with Crippen LogP contribution in [0.25, 0.3) is 11.6 Å². The van der Waals surface area contributed by atoms with E-state index in [4.69, 9.17) is 4.74 Å². The summed E-state index contributed by atoms with van der Waals surface area (Å²) in [5, 5.41) is 20.1. The molecule has 0 unspecified atom stereocenters. The molecule has 1 aliphatic carbocycles. The number of aliphatic hydroxyl groups is 1. The van der Waals surface area contributed by atoms with Gasteiger partial charge in [-0.05, 0) is 65.7 Å². The Hall–Kier alpha value is -3.22. The summed E-state index contributed by atoms with van der Waals surface area (Å²) >= 11 is 0. The molecular formula is C30H33NO5. The van der Waals surface area contributed by atoms with Gasteiger partial charge in [0.15, 0.2) is 0 Å². The standard InChI is InChI=1S/C30H33NO5/c1-2-13-31-29(34)24-16-22(17-32)27-25(28(24)30(31)35)18-36-26(27)12-11-21(20-8-4-3-5-9-20)14-19-7-6-10-23(33)15-19/h3-10,14-15,24-26,28,32-33H,2,11-13,16-18H2,1H3/b21-14-/t24-,25+,26-,28-/m1/s1. The monoisotopic (exact) mass is 487 g/mol. The Balaban J connectivity index is 1.40. The summed E-state index contributed by atoms with van der Waals surface area (Å²) in [6, 6.07) is 17.3. The lowest BCUT2D eigenvalue weighted by Gasteiger charge is -2.31. The number of rotatable bonds is 8. The number of carbonyl (C=O) groups is 2. The SMILES string of the molecule is CCCN1C(=O)[C@@H]2[C@@H](CC(CO)=C3[C@@H](CC/C(=C/c4cccc(O)c4)c4ccccc4)OC[C@@H]32)C1=O. The van der Waals surface area contributed by atoms with Crippen molar-refractivity contribution in [2.45, 2.75) is 38.7 Å². The van der Waals surface area contributed by atoms with Crippen molar-refractivity contribution in [1.29, 1.82) is 0 Å². The molecule has 2 aromatic carbocycles. The van der Waals surface area contributed by atoms with E-state index < -0.39 is 0 Å². The molecule has 6 heteroatoms. The molecule has 2 saturated heterocycles. The lowest BCUT2D eigenvalue weighted by molar-refractivity contribution is -0.140. The number of amides is 2. The number of aliphatic hydroxyl groups excluding tert-OH is 1. The summed E-state index contributed by atoms with van der Waals surface area (Å²) in [4.78, 5) is 27.6. The Morgan fingerprint density at radius 1 is 1.08 bits per heavy atom. The van der Waals surface area contributed by atoms with Crippen molar-refractivity contribution >= 4 is 23.5 Å². The first-order valence-electron chi connectivity index (χ1n) is 12.9. The van der Waals surface area contributed by atoms with E-state index in [1.807, 2.05) is 37.3 Å². The van der Waals surface area contributed by atoms with E-state index in [-0.39, 0.29) is 48.0 Å². The molecule has 0 bridgehead atoms. The van der Waals surface area contributed by atoms with Gasteiger partial charge in [0.05, 0.1) is 31.2 Å². The second kappa shape index (κ2) is 10.4. The van der Waals surface area contributed by atoms with E-state index in [0.29, 0.717) is 26.0 Å². The fourth-order valence-corrected chi connectivity index (χ4v) is 6.18. The number of hydrogen-bond acceptors (Lipinski definition) is 5. The van der Waals surface area contributed by atoms with E-state index in [2.05, 4.69) is 18.2 Å². The summed E-state index contributed by atoms with van der Waals surface area (Å²) in [5.41, 5.74) is 5.03. The molecule has 0 saturated carbocycles. The zero-order chi connectivity index (χ0) is 25.2. The third-order valence-corrected chi connectivity index (χ3v) is 7.77. The highest BCUT2D eigenvalue weighted by Crippen LogP contribution is 2.49. The van der Waals surface area contributed by atoms with Crippen LogP contribution in [0.15, 0.2) is 65.7 Å². The number of allylic oxidation sites excluding steroid dienone is 1.